The maximum Gasteiger partial charge on any atom is 0.255 e. The Kier molecular flexibility index (Phi) is 4.69. The highest BCUT2D eigenvalue weighted by Crippen LogP contribution is 2.08. The number of imidazole rings is 1. The maximum absolute atomic E-state index is 12.4. The normalized spacial score (nSPS) is 9.86. The number of carbonyl (C=O) groups excluding carboxylic acids is 1. The molecule has 6 nitrogen and oxygen atoms in total. The van der Waals surface area contributed by atoms with Gasteiger partial charge in [0, 0.05) is 44.4 Å². The second-order valence-electron chi connectivity index (χ2n) is 4.58. The molecule has 0 spiro atoms. The van der Waals surface area contributed by atoms with Gasteiger partial charge in [-0.15, -0.1) is 0 Å². The molecule has 108 valence electrons. The van der Waals surface area contributed by atoms with Crippen molar-refractivity contribution in [2.45, 2.75) is 6.54 Å². The van der Waals surface area contributed by atoms with E-state index in [2.05, 4.69) is 21.8 Å². The Bertz CT molecular complexity index is 695. The average molecular weight is 283 g/mol. The van der Waals surface area contributed by atoms with Gasteiger partial charge in [-0.05, 0) is 6.07 Å². The second kappa shape index (κ2) is 6.68. The molecule has 0 fully saturated rings. The van der Waals surface area contributed by atoms with Crippen LogP contribution >= 0.6 is 0 Å². The van der Waals surface area contributed by atoms with Crippen LogP contribution in [0.1, 0.15) is 21.7 Å². The summed E-state index contributed by atoms with van der Waals surface area (Å²) in [6.07, 6.45) is 6.69. The standard InChI is InChI=1S/C15H17N5O/c1-19-7-6-18-14(19)11-20(2)15(21)13-8-12(4-3-5-16)9-17-10-13/h6-10H,5,11,16H2,1-2H3. The predicted molar refractivity (Wildman–Crippen MR) is 79.2 cm³/mol. The van der Waals surface area contributed by atoms with Gasteiger partial charge in [0.15, 0.2) is 0 Å². The fourth-order valence-corrected chi connectivity index (χ4v) is 1.83. The zero-order valence-electron chi connectivity index (χ0n) is 12.1. The molecule has 0 unspecified atom stereocenters. The van der Waals surface area contributed by atoms with Crippen LogP contribution in [0.25, 0.3) is 0 Å². The van der Waals surface area contributed by atoms with E-state index in [1.165, 1.54) is 6.20 Å². The fraction of sp³-hybridized carbons (Fsp3) is 0.267. The van der Waals surface area contributed by atoms with Gasteiger partial charge in [0.1, 0.15) is 5.82 Å². The molecular weight excluding hydrogens is 266 g/mol. The highest BCUT2D eigenvalue weighted by atomic mass is 16.2. The van der Waals surface area contributed by atoms with Crippen LogP contribution in [0.4, 0.5) is 0 Å². The Morgan fingerprint density at radius 1 is 1.48 bits per heavy atom. The van der Waals surface area contributed by atoms with Crippen LogP contribution in [0.3, 0.4) is 0 Å². The molecule has 2 aromatic rings. The highest BCUT2D eigenvalue weighted by molar-refractivity contribution is 5.94. The molecule has 0 aliphatic carbocycles. The first kappa shape index (κ1) is 14.8. The van der Waals surface area contributed by atoms with Crippen molar-refractivity contribution in [3.63, 3.8) is 0 Å². The molecule has 2 heterocycles. The monoisotopic (exact) mass is 283 g/mol. The zero-order chi connectivity index (χ0) is 15.2. The molecule has 2 aromatic heterocycles. The quantitative estimate of drug-likeness (QED) is 0.827. The van der Waals surface area contributed by atoms with Gasteiger partial charge in [0.25, 0.3) is 5.91 Å². The van der Waals surface area contributed by atoms with Gasteiger partial charge in [-0.1, -0.05) is 11.8 Å². The van der Waals surface area contributed by atoms with Crippen molar-refractivity contribution in [1.29, 1.82) is 0 Å². The number of pyridine rings is 1. The minimum atomic E-state index is -0.123. The molecule has 0 aromatic carbocycles. The maximum atomic E-state index is 12.4. The summed E-state index contributed by atoms with van der Waals surface area (Å²) in [7, 11) is 3.63. The van der Waals surface area contributed by atoms with Gasteiger partial charge < -0.3 is 15.2 Å². The van der Waals surface area contributed by atoms with E-state index in [9.17, 15) is 4.79 Å². The SMILES string of the molecule is CN(Cc1nccn1C)C(=O)c1cncc(C#CCN)c1. The molecule has 1 amide bonds. The highest BCUT2D eigenvalue weighted by Gasteiger charge is 2.14. The first-order valence-corrected chi connectivity index (χ1v) is 6.47. The minimum absolute atomic E-state index is 0.123. The van der Waals surface area contributed by atoms with E-state index in [1.807, 2.05) is 17.8 Å². The van der Waals surface area contributed by atoms with Crippen molar-refractivity contribution in [1.82, 2.24) is 19.4 Å². The van der Waals surface area contributed by atoms with E-state index in [1.54, 1.807) is 30.4 Å². The van der Waals surface area contributed by atoms with Crippen LogP contribution in [0.5, 0.6) is 0 Å². The zero-order valence-corrected chi connectivity index (χ0v) is 12.1. The van der Waals surface area contributed by atoms with E-state index >= 15 is 0 Å². The smallest absolute Gasteiger partial charge is 0.255 e. The molecule has 0 aliphatic heterocycles. The van der Waals surface area contributed by atoms with Crippen molar-refractivity contribution in [3.05, 3.63) is 47.8 Å². The lowest BCUT2D eigenvalue weighted by molar-refractivity contribution is 0.0780. The van der Waals surface area contributed by atoms with Gasteiger partial charge in [-0.3, -0.25) is 9.78 Å². The molecule has 6 heteroatoms. The van der Waals surface area contributed by atoms with Crippen molar-refractivity contribution in [2.24, 2.45) is 12.8 Å². The number of nitrogens with two attached hydrogens (primary N) is 1. The van der Waals surface area contributed by atoms with Crippen molar-refractivity contribution in [2.75, 3.05) is 13.6 Å². The van der Waals surface area contributed by atoms with E-state index in [0.29, 0.717) is 17.7 Å². The number of amides is 1. The number of rotatable bonds is 3. The Morgan fingerprint density at radius 3 is 2.95 bits per heavy atom. The van der Waals surface area contributed by atoms with Crippen LogP contribution in [0.2, 0.25) is 0 Å². The summed E-state index contributed by atoms with van der Waals surface area (Å²) in [4.78, 5) is 22.2. The Labute approximate surface area is 123 Å². The first-order chi connectivity index (χ1) is 10.1. The lowest BCUT2D eigenvalue weighted by Crippen LogP contribution is -2.27. The molecule has 21 heavy (non-hydrogen) atoms. The molecule has 0 saturated heterocycles. The minimum Gasteiger partial charge on any atom is -0.337 e. The van der Waals surface area contributed by atoms with Crippen LogP contribution in [0.15, 0.2) is 30.9 Å². The van der Waals surface area contributed by atoms with Crippen LogP contribution in [-0.2, 0) is 13.6 Å². The topological polar surface area (TPSA) is 77.0 Å². The van der Waals surface area contributed by atoms with Crippen molar-refractivity contribution < 1.29 is 4.79 Å². The summed E-state index contributed by atoms with van der Waals surface area (Å²) >= 11 is 0. The van der Waals surface area contributed by atoms with Crippen molar-refractivity contribution in [3.8, 4) is 11.8 Å². The van der Waals surface area contributed by atoms with Crippen LogP contribution in [-0.4, -0.2) is 38.9 Å². The summed E-state index contributed by atoms with van der Waals surface area (Å²) in [5, 5.41) is 0. The van der Waals surface area contributed by atoms with Crippen LogP contribution in [0, 0.1) is 11.8 Å². The van der Waals surface area contributed by atoms with Crippen molar-refractivity contribution >= 4 is 5.91 Å². The number of carbonyl (C=O) groups is 1. The average Bonchev–Trinajstić information content (AvgIpc) is 2.90. The molecule has 0 atom stereocenters. The Morgan fingerprint density at radius 2 is 2.29 bits per heavy atom. The lowest BCUT2D eigenvalue weighted by atomic mass is 10.2. The Hall–Kier alpha value is -2.65. The summed E-state index contributed by atoms with van der Waals surface area (Å²) in [6.45, 7) is 0.707. The third-order valence-corrected chi connectivity index (χ3v) is 2.97. The lowest BCUT2D eigenvalue weighted by Gasteiger charge is -2.16. The van der Waals surface area contributed by atoms with Gasteiger partial charge in [0.05, 0.1) is 18.7 Å². The number of hydrogen-bond donors (Lipinski definition) is 1. The van der Waals surface area contributed by atoms with Crippen LogP contribution < -0.4 is 5.73 Å². The predicted octanol–water partition coefficient (Wildman–Crippen LogP) is 0.398. The molecule has 0 saturated carbocycles. The molecule has 2 rings (SSSR count). The van der Waals surface area contributed by atoms with Gasteiger partial charge in [-0.25, -0.2) is 4.98 Å². The summed E-state index contributed by atoms with van der Waals surface area (Å²) < 4.78 is 1.88. The fourth-order valence-electron chi connectivity index (χ4n) is 1.83. The van der Waals surface area contributed by atoms with Gasteiger partial charge in [0.2, 0.25) is 0 Å². The van der Waals surface area contributed by atoms with E-state index in [0.717, 1.165) is 5.82 Å². The summed E-state index contributed by atoms with van der Waals surface area (Å²) in [6, 6.07) is 1.72. The molecule has 0 aliphatic rings. The number of aryl methyl sites for hydroxylation is 1. The number of nitrogens with zero attached hydrogens (tertiary/aromatic N) is 4. The second-order valence-corrected chi connectivity index (χ2v) is 4.58. The molecule has 2 N–H and O–H groups in total. The molecule has 0 bridgehead atoms. The van der Waals surface area contributed by atoms with E-state index in [4.69, 9.17) is 5.73 Å². The molecular formula is C15H17N5O. The number of aromatic nitrogens is 3. The third-order valence-electron chi connectivity index (χ3n) is 2.97. The number of hydrogen-bond acceptors (Lipinski definition) is 4. The molecule has 0 radical (unpaired) electrons. The van der Waals surface area contributed by atoms with Gasteiger partial charge in [-0.2, -0.15) is 0 Å². The van der Waals surface area contributed by atoms with Gasteiger partial charge >= 0.3 is 0 Å². The van der Waals surface area contributed by atoms with E-state index < -0.39 is 0 Å². The largest absolute Gasteiger partial charge is 0.337 e. The van der Waals surface area contributed by atoms with E-state index in [-0.39, 0.29) is 12.5 Å². The summed E-state index contributed by atoms with van der Waals surface area (Å²) in [5.41, 5.74) is 6.51. The third kappa shape index (κ3) is 3.68. The Balaban J connectivity index is 2.14. The first-order valence-electron chi connectivity index (χ1n) is 6.47. The summed E-state index contributed by atoms with van der Waals surface area (Å²) in [5.74, 6) is 6.31.